The van der Waals surface area contributed by atoms with Gasteiger partial charge in [-0.2, -0.15) is 0 Å². The predicted octanol–water partition coefficient (Wildman–Crippen LogP) is 5.14. The maximum Gasteiger partial charge on any atom is 0.137 e. The third-order valence-corrected chi connectivity index (χ3v) is 6.41. The molecular formula is C22H26ClN5. The third kappa shape index (κ3) is 3.74. The Morgan fingerprint density at radius 3 is 2.57 bits per heavy atom. The van der Waals surface area contributed by atoms with E-state index < -0.39 is 0 Å². The van der Waals surface area contributed by atoms with E-state index in [1.165, 1.54) is 44.9 Å². The molecule has 5 nitrogen and oxygen atoms in total. The summed E-state index contributed by atoms with van der Waals surface area (Å²) in [5.41, 5.74) is 3.04. The molecule has 2 aliphatic rings. The molecule has 146 valence electrons. The number of nitrogens with zero attached hydrogens (tertiary/aromatic N) is 2. The van der Waals surface area contributed by atoms with Crippen LogP contribution in [0.5, 0.6) is 0 Å². The van der Waals surface area contributed by atoms with Gasteiger partial charge in [-0.1, -0.05) is 18.0 Å². The summed E-state index contributed by atoms with van der Waals surface area (Å²) in [4.78, 5) is 12.1. The standard InChI is InChI=1S/C22H26ClN5/c23-20-11-14(19-13-25-22-18(19)5-2-10-24-22)12-21(28-20)27-17-8-6-16(7-9-17)26-15-3-1-4-15/h2,5,10-13,15-17,26H,1,3-4,6-9H2,(H,24,25)(H,27,28)/t16-,17-. The van der Waals surface area contributed by atoms with Gasteiger partial charge in [0.1, 0.15) is 16.6 Å². The molecule has 0 amide bonds. The first kappa shape index (κ1) is 18.0. The number of anilines is 1. The second-order valence-electron chi connectivity index (χ2n) is 8.15. The monoisotopic (exact) mass is 395 g/mol. The molecule has 0 radical (unpaired) electrons. The number of rotatable bonds is 5. The van der Waals surface area contributed by atoms with Gasteiger partial charge in [-0.05, 0) is 68.4 Å². The Labute approximate surface area is 170 Å². The Morgan fingerprint density at radius 2 is 1.79 bits per heavy atom. The van der Waals surface area contributed by atoms with Gasteiger partial charge in [0.15, 0.2) is 0 Å². The smallest absolute Gasteiger partial charge is 0.137 e. The van der Waals surface area contributed by atoms with Crippen LogP contribution in [0.3, 0.4) is 0 Å². The fourth-order valence-corrected chi connectivity index (χ4v) is 4.65. The maximum atomic E-state index is 6.35. The van der Waals surface area contributed by atoms with E-state index in [4.69, 9.17) is 11.6 Å². The zero-order chi connectivity index (χ0) is 18.9. The van der Waals surface area contributed by atoms with Crippen LogP contribution < -0.4 is 10.6 Å². The van der Waals surface area contributed by atoms with Gasteiger partial charge in [-0.3, -0.25) is 0 Å². The molecule has 3 N–H and O–H groups in total. The highest BCUT2D eigenvalue weighted by atomic mass is 35.5. The first-order valence-electron chi connectivity index (χ1n) is 10.4. The molecule has 2 saturated carbocycles. The summed E-state index contributed by atoms with van der Waals surface area (Å²) in [6.07, 6.45) is 12.7. The number of pyridine rings is 2. The quantitative estimate of drug-likeness (QED) is 0.523. The molecule has 0 spiro atoms. The number of hydrogen-bond donors (Lipinski definition) is 3. The SMILES string of the molecule is Clc1cc(-c2c[nH]c3ncccc23)cc(N[C@H]2CC[C@H](NC3CCC3)CC2)n1. The minimum absolute atomic E-state index is 0.461. The Balaban J connectivity index is 1.28. The molecule has 28 heavy (non-hydrogen) atoms. The second kappa shape index (κ2) is 7.72. The molecule has 3 heterocycles. The minimum atomic E-state index is 0.461. The zero-order valence-electron chi connectivity index (χ0n) is 15.9. The van der Waals surface area contributed by atoms with Crippen molar-refractivity contribution in [2.24, 2.45) is 0 Å². The topological polar surface area (TPSA) is 65.6 Å². The van der Waals surface area contributed by atoms with Crippen LogP contribution in [0.2, 0.25) is 5.15 Å². The van der Waals surface area contributed by atoms with E-state index in [0.717, 1.165) is 34.0 Å². The minimum Gasteiger partial charge on any atom is -0.367 e. The van der Waals surface area contributed by atoms with E-state index >= 15 is 0 Å². The molecule has 0 saturated heterocycles. The lowest BCUT2D eigenvalue weighted by Gasteiger charge is -2.36. The Hall–Kier alpha value is -2.11. The summed E-state index contributed by atoms with van der Waals surface area (Å²) in [5, 5.41) is 9.05. The van der Waals surface area contributed by atoms with Gasteiger partial charge >= 0.3 is 0 Å². The molecule has 0 atom stereocenters. The van der Waals surface area contributed by atoms with E-state index in [9.17, 15) is 0 Å². The fourth-order valence-electron chi connectivity index (χ4n) is 4.44. The normalized spacial score (nSPS) is 22.9. The van der Waals surface area contributed by atoms with E-state index in [1.54, 1.807) is 6.20 Å². The lowest BCUT2D eigenvalue weighted by Crippen LogP contribution is -2.45. The molecular weight excluding hydrogens is 370 g/mol. The van der Waals surface area contributed by atoms with Crippen molar-refractivity contribution in [2.75, 3.05) is 5.32 Å². The first-order valence-corrected chi connectivity index (χ1v) is 10.7. The Morgan fingerprint density at radius 1 is 1.00 bits per heavy atom. The van der Waals surface area contributed by atoms with Crippen molar-refractivity contribution in [3.8, 4) is 11.1 Å². The van der Waals surface area contributed by atoms with Crippen LogP contribution in [-0.4, -0.2) is 33.1 Å². The highest BCUT2D eigenvalue weighted by molar-refractivity contribution is 6.29. The van der Waals surface area contributed by atoms with Gasteiger partial charge in [0.25, 0.3) is 0 Å². The van der Waals surface area contributed by atoms with Crippen molar-refractivity contribution in [1.82, 2.24) is 20.3 Å². The molecule has 2 fully saturated rings. The maximum absolute atomic E-state index is 6.35. The lowest BCUT2D eigenvalue weighted by atomic mass is 9.87. The summed E-state index contributed by atoms with van der Waals surface area (Å²) in [6.45, 7) is 0. The van der Waals surface area contributed by atoms with E-state index in [1.807, 2.05) is 18.3 Å². The summed E-state index contributed by atoms with van der Waals surface area (Å²) >= 11 is 6.35. The predicted molar refractivity (Wildman–Crippen MR) is 115 cm³/mol. The number of fused-ring (bicyclic) bond motifs is 1. The van der Waals surface area contributed by atoms with Crippen LogP contribution >= 0.6 is 11.6 Å². The summed E-state index contributed by atoms with van der Waals surface area (Å²) in [7, 11) is 0. The number of H-pyrrole nitrogens is 1. The van der Waals surface area contributed by atoms with Gasteiger partial charge in [-0.25, -0.2) is 9.97 Å². The molecule has 6 heteroatoms. The molecule has 0 bridgehead atoms. The molecule has 3 aromatic heterocycles. The lowest BCUT2D eigenvalue weighted by molar-refractivity contribution is 0.260. The van der Waals surface area contributed by atoms with E-state index in [0.29, 0.717) is 17.2 Å². The van der Waals surface area contributed by atoms with Crippen LogP contribution in [0, 0.1) is 0 Å². The fraction of sp³-hybridized carbons (Fsp3) is 0.455. The second-order valence-corrected chi connectivity index (χ2v) is 8.54. The van der Waals surface area contributed by atoms with Gasteiger partial charge in [-0.15, -0.1) is 0 Å². The molecule has 3 aromatic rings. The van der Waals surface area contributed by atoms with Gasteiger partial charge < -0.3 is 15.6 Å². The first-order chi connectivity index (χ1) is 13.7. The highest BCUT2D eigenvalue weighted by Gasteiger charge is 2.25. The number of aromatic nitrogens is 3. The number of nitrogens with one attached hydrogen (secondary N) is 3. The van der Waals surface area contributed by atoms with Gasteiger partial charge in [0.2, 0.25) is 0 Å². The van der Waals surface area contributed by atoms with Gasteiger partial charge in [0.05, 0.1) is 0 Å². The van der Waals surface area contributed by atoms with Crippen molar-refractivity contribution in [1.29, 1.82) is 0 Å². The summed E-state index contributed by atoms with van der Waals surface area (Å²) < 4.78 is 0. The van der Waals surface area contributed by atoms with Crippen molar-refractivity contribution >= 4 is 28.5 Å². The van der Waals surface area contributed by atoms with Crippen LogP contribution in [0.15, 0.2) is 36.7 Å². The van der Waals surface area contributed by atoms with E-state index in [-0.39, 0.29) is 0 Å². The number of aromatic amines is 1. The summed E-state index contributed by atoms with van der Waals surface area (Å²) in [6, 6.07) is 9.97. The largest absolute Gasteiger partial charge is 0.367 e. The molecule has 5 rings (SSSR count). The van der Waals surface area contributed by atoms with Crippen molar-refractivity contribution in [3.63, 3.8) is 0 Å². The Kier molecular flexibility index (Phi) is 4.95. The molecule has 0 unspecified atom stereocenters. The van der Waals surface area contributed by atoms with Crippen LogP contribution in [0.4, 0.5) is 5.82 Å². The molecule has 2 aliphatic carbocycles. The van der Waals surface area contributed by atoms with Gasteiger partial charge in [0, 0.05) is 41.5 Å². The average molecular weight is 396 g/mol. The summed E-state index contributed by atoms with van der Waals surface area (Å²) in [5.74, 6) is 0.858. The van der Waals surface area contributed by atoms with Crippen LogP contribution in [0.25, 0.3) is 22.2 Å². The van der Waals surface area contributed by atoms with Crippen LogP contribution in [0.1, 0.15) is 44.9 Å². The van der Waals surface area contributed by atoms with Crippen LogP contribution in [-0.2, 0) is 0 Å². The average Bonchev–Trinajstić information content (AvgIpc) is 3.10. The molecule has 0 aliphatic heterocycles. The van der Waals surface area contributed by atoms with Crippen molar-refractivity contribution in [2.45, 2.75) is 63.1 Å². The van der Waals surface area contributed by atoms with Crippen molar-refractivity contribution in [3.05, 3.63) is 41.8 Å². The van der Waals surface area contributed by atoms with E-state index in [2.05, 4.69) is 37.7 Å². The highest BCUT2D eigenvalue weighted by Crippen LogP contribution is 2.32. The number of halogens is 1. The van der Waals surface area contributed by atoms with Crippen molar-refractivity contribution < 1.29 is 0 Å². The third-order valence-electron chi connectivity index (χ3n) is 6.21. The number of hydrogen-bond acceptors (Lipinski definition) is 4. The zero-order valence-corrected chi connectivity index (χ0v) is 16.7. The molecule has 0 aromatic carbocycles. The Bertz CT molecular complexity index is 956.